The number of rotatable bonds is 4. The van der Waals surface area contributed by atoms with Crippen LogP contribution in [0.1, 0.15) is 36.6 Å². The van der Waals surface area contributed by atoms with E-state index in [9.17, 15) is 0 Å². The van der Waals surface area contributed by atoms with Crippen LogP contribution in [0.3, 0.4) is 0 Å². The standard InChI is InChI=1S/C15H21N3O/c1-10(2)15-12(8-16)9-17-18(15)13-7-11(3)5-6-14(13)19-4/h5-7,9-10H,8,16H2,1-4H3. The van der Waals surface area contributed by atoms with Gasteiger partial charge in [0, 0.05) is 12.1 Å². The van der Waals surface area contributed by atoms with Crippen LogP contribution in [0.5, 0.6) is 5.75 Å². The first-order valence-electron chi connectivity index (χ1n) is 6.50. The fraction of sp³-hybridized carbons (Fsp3) is 0.400. The molecular formula is C15H21N3O. The third-order valence-electron chi connectivity index (χ3n) is 3.22. The molecule has 102 valence electrons. The number of methoxy groups -OCH3 is 1. The number of nitrogens with zero attached hydrogens (tertiary/aromatic N) is 2. The van der Waals surface area contributed by atoms with Crippen LogP contribution in [-0.4, -0.2) is 16.9 Å². The average molecular weight is 259 g/mol. The fourth-order valence-electron chi connectivity index (χ4n) is 2.32. The lowest BCUT2D eigenvalue weighted by atomic mass is 10.1. The summed E-state index contributed by atoms with van der Waals surface area (Å²) in [6.45, 7) is 6.86. The lowest BCUT2D eigenvalue weighted by molar-refractivity contribution is 0.411. The van der Waals surface area contributed by atoms with Crippen LogP contribution in [0.2, 0.25) is 0 Å². The summed E-state index contributed by atoms with van der Waals surface area (Å²) in [6, 6.07) is 6.08. The van der Waals surface area contributed by atoms with Crippen molar-refractivity contribution < 1.29 is 4.74 Å². The van der Waals surface area contributed by atoms with Crippen molar-refractivity contribution in [1.29, 1.82) is 0 Å². The lowest BCUT2D eigenvalue weighted by Crippen LogP contribution is -2.09. The topological polar surface area (TPSA) is 53.1 Å². The van der Waals surface area contributed by atoms with Gasteiger partial charge in [-0.15, -0.1) is 0 Å². The Morgan fingerprint density at radius 1 is 1.37 bits per heavy atom. The highest BCUT2D eigenvalue weighted by atomic mass is 16.5. The maximum absolute atomic E-state index is 5.80. The lowest BCUT2D eigenvalue weighted by Gasteiger charge is -2.15. The van der Waals surface area contributed by atoms with Crippen LogP contribution in [0, 0.1) is 6.92 Å². The Labute approximate surface area is 114 Å². The van der Waals surface area contributed by atoms with Crippen molar-refractivity contribution in [2.24, 2.45) is 5.73 Å². The summed E-state index contributed by atoms with van der Waals surface area (Å²) in [6.07, 6.45) is 1.84. The van der Waals surface area contributed by atoms with E-state index in [2.05, 4.69) is 31.9 Å². The summed E-state index contributed by atoms with van der Waals surface area (Å²) in [4.78, 5) is 0. The number of benzene rings is 1. The Bertz CT molecular complexity index is 573. The smallest absolute Gasteiger partial charge is 0.144 e. The van der Waals surface area contributed by atoms with Gasteiger partial charge in [0.2, 0.25) is 0 Å². The largest absolute Gasteiger partial charge is 0.494 e. The van der Waals surface area contributed by atoms with Crippen molar-refractivity contribution in [3.63, 3.8) is 0 Å². The van der Waals surface area contributed by atoms with Gasteiger partial charge in [0.15, 0.2) is 0 Å². The monoisotopic (exact) mass is 259 g/mol. The van der Waals surface area contributed by atoms with Crippen molar-refractivity contribution in [2.75, 3.05) is 7.11 Å². The van der Waals surface area contributed by atoms with Gasteiger partial charge in [-0.3, -0.25) is 0 Å². The summed E-state index contributed by atoms with van der Waals surface area (Å²) >= 11 is 0. The summed E-state index contributed by atoms with van der Waals surface area (Å²) in [5.41, 5.74) is 10.2. The van der Waals surface area contributed by atoms with Gasteiger partial charge < -0.3 is 10.5 Å². The molecule has 0 aliphatic carbocycles. The van der Waals surface area contributed by atoms with Gasteiger partial charge in [-0.1, -0.05) is 19.9 Å². The Morgan fingerprint density at radius 3 is 2.68 bits per heavy atom. The summed E-state index contributed by atoms with van der Waals surface area (Å²) < 4.78 is 7.38. The predicted molar refractivity (Wildman–Crippen MR) is 76.8 cm³/mol. The molecule has 0 atom stereocenters. The molecule has 0 aliphatic rings. The fourth-order valence-corrected chi connectivity index (χ4v) is 2.32. The zero-order chi connectivity index (χ0) is 14.0. The molecule has 0 spiro atoms. The highest BCUT2D eigenvalue weighted by Gasteiger charge is 2.17. The molecule has 0 amide bonds. The van der Waals surface area contributed by atoms with Gasteiger partial charge in [0.25, 0.3) is 0 Å². The molecule has 2 N–H and O–H groups in total. The first-order valence-corrected chi connectivity index (χ1v) is 6.50. The van der Waals surface area contributed by atoms with E-state index in [1.807, 2.05) is 23.0 Å². The number of nitrogens with two attached hydrogens (primary N) is 1. The number of ether oxygens (including phenoxy) is 1. The van der Waals surface area contributed by atoms with Crippen LogP contribution in [0.25, 0.3) is 5.69 Å². The van der Waals surface area contributed by atoms with Crippen molar-refractivity contribution >= 4 is 0 Å². The third kappa shape index (κ3) is 2.49. The molecule has 1 aromatic heterocycles. The van der Waals surface area contributed by atoms with Crippen LogP contribution >= 0.6 is 0 Å². The van der Waals surface area contributed by atoms with Gasteiger partial charge in [0.1, 0.15) is 11.4 Å². The first-order chi connectivity index (χ1) is 9.08. The molecule has 0 saturated heterocycles. The predicted octanol–water partition coefficient (Wildman–Crippen LogP) is 2.77. The molecule has 0 saturated carbocycles. The van der Waals surface area contributed by atoms with E-state index in [1.54, 1.807) is 7.11 Å². The van der Waals surface area contributed by atoms with E-state index in [4.69, 9.17) is 10.5 Å². The molecular weight excluding hydrogens is 238 g/mol. The number of hydrogen-bond acceptors (Lipinski definition) is 3. The van der Waals surface area contributed by atoms with Gasteiger partial charge in [-0.25, -0.2) is 4.68 Å². The molecule has 0 fully saturated rings. The number of hydrogen-bond donors (Lipinski definition) is 1. The van der Waals surface area contributed by atoms with Crippen LogP contribution in [0.4, 0.5) is 0 Å². The van der Waals surface area contributed by atoms with Gasteiger partial charge in [-0.05, 0) is 30.5 Å². The molecule has 2 aromatic rings. The third-order valence-corrected chi connectivity index (χ3v) is 3.22. The number of aromatic nitrogens is 2. The van der Waals surface area contributed by atoms with E-state index < -0.39 is 0 Å². The second kappa shape index (κ2) is 5.45. The Hall–Kier alpha value is -1.81. The molecule has 0 unspecified atom stereocenters. The second-order valence-electron chi connectivity index (χ2n) is 5.00. The van der Waals surface area contributed by atoms with Crippen molar-refractivity contribution in [3.8, 4) is 11.4 Å². The van der Waals surface area contributed by atoms with Crippen molar-refractivity contribution in [3.05, 3.63) is 41.2 Å². The molecule has 4 heteroatoms. The van der Waals surface area contributed by atoms with E-state index in [1.165, 1.54) is 5.56 Å². The Morgan fingerprint density at radius 2 is 2.11 bits per heavy atom. The molecule has 0 aliphatic heterocycles. The minimum Gasteiger partial charge on any atom is -0.494 e. The zero-order valence-electron chi connectivity index (χ0n) is 12.0. The van der Waals surface area contributed by atoms with Crippen LogP contribution in [0.15, 0.2) is 24.4 Å². The van der Waals surface area contributed by atoms with E-state index in [-0.39, 0.29) is 0 Å². The van der Waals surface area contributed by atoms with Crippen LogP contribution < -0.4 is 10.5 Å². The Balaban J connectivity index is 2.65. The highest BCUT2D eigenvalue weighted by molar-refractivity contribution is 5.50. The first kappa shape index (κ1) is 13.6. The maximum atomic E-state index is 5.80. The summed E-state index contributed by atoms with van der Waals surface area (Å²) in [5.74, 6) is 1.17. The molecule has 2 rings (SSSR count). The minimum absolute atomic E-state index is 0.353. The van der Waals surface area contributed by atoms with Gasteiger partial charge in [-0.2, -0.15) is 5.10 Å². The average Bonchev–Trinajstić information content (AvgIpc) is 2.82. The SMILES string of the molecule is COc1ccc(C)cc1-n1ncc(CN)c1C(C)C. The number of aryl methyl sites for hydroxylation is 1. The zero-order valence-corrected chi connectivity index (χ0v) is 12.0. The van der Waals surface area contributed by atoms with Gasteiger partial charge in [0.05, 0.1) is 19.0 Å². The highest BCUT2D eigenvalue weighted by Crippen LogP contribution is 2.29. The molecule has 1 heterocycles. The maximum Gasteiger partial charge on any atom is 0.144 e. The summed E-state index contributed by atoms with van der Waals surface area (Å²) in [7, 11) is 1.68. The second-order valence-corrected chi connectivity index (χ2v) is 5.00. The molecule has 4 nitrogen and oxygen atoms in total. The Kier molecular flexibility index (Phi) is 3.90. The van der Waals surface area contributed by atoms with Crippen LogP contribution in [-0.2, 0) is 6.54 Å². The van der Waals surface area contributed by atoms with E-state index in [0.717, 1.165) is 22.7 Å². The molecule has 1 aromatic carbocycles. The normalized spacial score (nSPS) is 11.1. The minimum atomic E-state index is 0.353. The quantitative estimate of drug-likeness (QED) is 0.918. The molecule has 0 radical (unpaired) electrons. The molecule has 19 heavy (non-hydrogen) atoms. The summed E-state index contributed by atoms with van der Waals surface area (Å²) in [5, 5.41) is 4.48. The van der Waals surface area contributed by atoms with E-state index >= 15 is 0 Å². The van der Waals surface area contributed by atoms with Crippen molar-refractivity contribution in [1.82, 2.24) is 9.78 Å². The molecule has 0 bridgehead atoms. The van der Waals surface area contributed by atoms with E-state index in [0.29, 0.717) is 12.5 Å². The van der Waals surface area contributed by atoms with Gasteiger partial charge >= 0.3 is 0 Å². The van der Waals surface area contributed by atoms with Crippen molar-refractivity contribution in [2.45, 2.75) is 33.2 Å².